The number of hydrogen-bond acceptors (Lipinski definition) is 4. The SMILES string of the molecule is Cc1nc2c(c(C)c1CC(=O)N1CCNCC1C)c(=O)[nH]n2C.Cl. The number of aromatic nitrogens is 3. The van der Waals surface area contributed by atoms with Gasteiger partial charge >= 0.3 is 0 Å². The lowest BCUT2D eigenvalue weighted by Crippen LogP contribution is -2.52. The number of H-pyrrole nitrogens is 1. The fraction of sp³-hybridized carbons (Fsp3) is 0.562. The van der Waals surface area contributed by atoms with Gasteiger partial charge in [0.2, 0.25) is 5.91 Å². The first-order chi connectivity index (χ1) is 10.9. The molecular weight excluding hydrogens is 330 g/mol. The molecule has 3 heterocycles. The quantitative estimate of drug-likeness (QED) is 0.831. The summed E-state index contributed by atoms with van der Waals surface area (Å²) in [5.41, 5.74) is 3.00. The monoisotopic (exact) mass is 353 g/mol. The predicted molar refractivity (Wildman–Crippen MR) is 95.8 cm³/mol. The van der Waals surface area contributed by atoms with Crippen LogP contribution in [-0.4, -0.2) is 51.2 Å². The van der Waals surface area contributed by atoms with Gasteiger partial charge in [0.15, 0.2) is 5.65 Å². The van der Waals surface area contributed by atoms with E-state index in [4.69, 9.17) is 0 Å². The molecule has 24 heavy (non-hydrogen) atoms. The molecular formula is C16H24ClN5O2. The molecule has 3 rings (SSSR count). The van der Waals surface area contributed by atoms with Crippen LogP contribution in [0.3, 0.4) is 0 Å². The number of piperazine rings is 1. The predicted octanol–water partition coefficient (Wildman–Crippen LogP) is 0.663. The molecule has 2 aromatic heterocycles. The van der Waals surface area contributed by atoms with Crippen LogP contribution in [0.2, 0.25) is 0 Å². The summed E-state index contributed by atoms with van der Waals surface area (Å²) < 4.78 is 1.63. The molecule has 132 valence electrons. The number of hydrogen-bond donors (Lipinski definition) is 2. The van der Waals surface area contributed by atoms with Crippen molar-refractivity contribution in [1.29, 1.82) is 0 Å². The van der Waals surface area contributed by atoms with Crippen molar-refractivity contribution in [3.8, 4) is 0 Å². The Kier molecular flexibility index (Phi) is 5.35. The molecule has 0 spiro atoms. The Labute approximate surface area is 146 Å². The summed E-state index contributed by atoms with van der Waals surface area (Å²) in [5.74, 6) is 0.0960. The number of aryl methyl sites for hydroxylation is 3. The van der Waals surface area contributed by atoms with Crippen LogP contribution in [0.15, 0.2) is 4.79 Å². The summed E-state index contributed by atoms with van der Waals surface area (Å²) in [5, 5.41) is 6.59. The van der Waals surface area contributed by atoms with Crippen molar-refractivity contribution >= 4 is 29.3 Å². The van der Waals surface area contributed by atoms with Gasteiger partial charge in [-0.05, 0) is 31.9 Å². The van der Waals surface area contributed by atoms with E-state index in [1.807, 2.05) is 25.7 Å². The zero-order chi connectivity index (χ0) is 16.7. The molecule has 1 saturated heterocycles. The number of pyridine rings is 1. The number of aromatic amines is 1. The molecule has 0 bridgehead atoms. The third kappa shape index (κ3) is 3.06. The first-order valence-electron chi connectivity index (χ1n) is 7.95. The van der Waals surface area contributed by atoms with Gasteiger partial charge in [0.1, 0.15) is 0 Å². The summed E-state index contributed by atoms with van der Waals surface area (Å²) in [6.07, 6.45) is 0.291. The van der Waals surface area contributed by atoms with Crippen molar-refractivity contribution in [3.05, 3.63) is 27.2 Å². The van der Waals surface area contributed by atoms with Crippen molar-refractivity contribution < 1.29 is 4.79 Å². The fourth-order valence-corrected chi connectivity index (χ4v) is 3.37. The third-order valence-corrected chi connectivity index (χ3v) is 4.73. The molecule has 1 amide bonds. The first kappa shape index (κ1) is 18.5. The molecule has 1 aliphatic heterocycles. The minimum Gasteiger partial charge on any atom is -0.337 e. The number of fused-ring (bicyclic) bond motifs is 1. The second-order valence-corrected chi connectivity index (χ2v) is 6.32. The zero-order valence-electron chi connectivity index (χ0n) is 14.5. The Hall–Kier alpha value is -1.86. The van der Waals surface area contributed by atoms with Crippen LogP contribution in [-0.2, 0) is 18.3 Å². The van der Waals surface area contributed by atoms with E-state index in [-0.39, 0.29) is 29.9 Å². The number of carbonyl (C=O) groups excluding carboxylic acids is 1. The van der Waals surface area contributed by atoms with Gasteiger partial charge in [0.05, 0.1) is 11.8 Å². The molecule has 0 saturated carbocycles. The summed E-state index contributed by atoms with van der Waals surface area (Å²) in [7, 11) is 1.77. The van der Waals surface area contributed by atoms with E-state index in [1.165, 1.54) is 0 Å². The highest BCUT2D eigenvalue weighted by atomic mass is 35.5. The maximum absolute atomic E-state index is 12.7. The largest absolute Gasteiger partial charge is 0.337 e. The van der Waals surface area contributed by atoms with Gasteiger partial charge in [-0.1, -0.05) is 0 Å². The van der Waals surface area contributed by atoms with E-state index >= 15 is 0 Å². The fourth-order valence-electron chi connectivity index (χ4n) is 3.37. The molecule has 1 unspecified atom stereocenters. The highest BCUT2D eigenvalue weighted by molar-refractivity contribution is 5.85. The van der Waals surface area contributed by atoms with E-state index in [2.05, 4.69) is 15.4 Å². The molecule has 2 aromatic rings. The molecule has 1 aliphatic rings. The second kappa shape index (κ2) is 6.94. The van der Waals surface area contributed by atoms with Gasteiger partial charge in [0, 0.05) is 38.4 Å². The van der Waals surface area contributed by atoms with Crippen molar-refractivity contribution in [2.24, 2.45) is 7.05 Å². The lowest BCUT2D eigenvalue weighted by Gasteiger charge is -2.34. The van der Waals surface area contributed by atoms with E-state index in [0.29, 0.717) is 17.5 Å². The third-order valence-electron chi connectivity index (χ3n) is 4.73. The van der Waals surface area contributed by atoms with Crippen LogP contribution in [0, 0.1) is 13.8 Å². The maximum atomic E-state index is 12.7. The molecule has 0 radical (unpaired) electrons. The van der Waals surface area contributed by atoms with Crippen LogP contribution >= 0.6 is 12.4 Å². The molecule has 2 N–H and O–H groups in total. The number of rotatable bonds is 2. The normalized spacial score (nSPS) is 17.8. The Balaban J connectivity index is 0.00000208. The van der Waals surface area contributed by atoms with Crippen LogP contribution in [0.5, 0.6) is 0 Å². The Morgan fingerprint density at radius 3 is 2.75 bits per heavy atom. The summed E-state index contributed by atoms with van der Waals surface area (Å²) in [6, 6.07) is 0.189. The molecule has 0 aromatic carbocycles. The maximum Gasteiger partial charge on any atom is 0.273 e. The highest BCUT2D eigenvalue weighted by Gasteiger charge is 2.25. The van der Waals surface area contributed by atoms with Crippen LogP contribution < -0.4 is 10.9 Å². The summed E-state index contributed by atoms with van der Waals surface area (Å²) >= 11 is 0. The summed E-state index contributed by atoms with van der Waals surface area (Å²) in [4.78, 5) is 31.2. The minimum atomic E-state index is -0.156. The average Bonchev–Trinajstić information content (AvgIpc) is 2.78. The Morgan fingerprint density at radius 2 is 2.08 bits per heavy atom. The van der Waals surface area contributed by atoms with Gasteiger partial charge < -0.3 is 10.2 Å². The van der Waals surface area contributed by atoms with Crippen molar-refractivity contribution in [3.63, 3.8) is 0 Å². The Bertz CT molecular complexity index is 826. The lowest BCUT2D eigenvalue weighted by atomic mass is 10.0. The van der Waals surface area contributed by atoms with Crippen LogP contribution in [0.25, 0.3) is 11.0 Å². The topological polar surface area (TPSA) is 83.0 Å². The zero-order valence-corrected chi connectivity index (χ0v) is 15.3. The highest BCUT2D eigenvalue weighted by Crippen LogP contribution is 2.21. The van der Waals surface area contributed by atoms with E-state index in [1.54, 1.807) is 11.7 Å². The lowest BCUT2D eigenvalue weighted by molar-refractivity contribution is -0.133. The Morgan fingerprint density at radius 1 is 1.38 bits per heavy atom. The molecule has 8 heteroatoms. The molecule has 1 atom stereocenters. The minimum absolute atomic E-state index is 0. The van der Waals surface area contributed by atoms with Gasteiger partial charge in [-0.15, -0.1) is 12.4 Å². The van der Waals surface area contributed by atoms with Crippen molar-refractivity contribution in [2.75, 3.05) is 19.6 Å². The van der Waals surface area contributed by atoms with Gasteiger partial charge in [-0.3, -0.25) is 19.4 Å². The number of carbonyl (C=O) groups is 1. The number of nitrogens with one attached hydrogen (secondary N) is 2. The smallest absolute Gasteiger partial charge is 0.273 e. The van der Waals surface area contributed by atoms with E-state index in [9.17, 15) is 9.59 Å². The van der Waals surface area contributed by atoms with Gasteiger partial charge in [0.25, 0.3) is 5.56 Å². The van der Waals surface area contributed by atoms with Crippen molar-refractivity contribution in [2.45, 2.75) is 33.2 Å². The van der Waals surface area contributed by atoms with Gasteiger partial charge in [-0.2, -0.15) is 0 Å². The van der Waals surface area contributed by atoms with Crippen LogP contribution in [0.4, 0.5) is 0 Å². The number of nitrogens with zero attached hydrogens (tertiary/aromatic N) is 3. The molecule has 7 nitrogen and oxygen atoms in total. The second-order valence-electron chi connectivity index (χ2n) is 6.32. The number of amides is 1. The van der Waals surface area contributed by atoms with E-state index in [0.717, 1.165) is 36.5 Å². The first-order valence-corrected chi connectivity index (χ1v) is 7.95. The number of halogens is 1. The van der Waals surface area contributed by atoms with Crippen LogP contribution in [0.1, 0.15) is 23.7 Å². The summed E-state index contributed by atoms with van der Waals surface area (Å²) in [6.45, 7) is 8.21. The standard InChI is InChI=1S/C16H23N5O2.ClH/c1-9-8-17-5-6-21(9)13(22)7-12-10(2)14-15(18-11(12)3)20(4)19-16(14)23;/h9,17H,5-8H2,1-4H3,(H,19,23);1H. The van der Waals surface area contributed by atoms with Crippen molar-refractivity contribution in [1.82, 2.24) is 25.0 Å². The molecule has 1 fully saturated rings. The molecule has 0 aliphatic carbocycles. The average molecular weight is 354 g/mol. The van der Waals surface area contributed by atoms with Gasteiger partial charge in [-0.25, -0.2) is 4.98 Å². The van der Waals surface area contributed by atoms with E-state index < -0.39 is 0 Å².